The Labute approximate surface area is 220 Å². The Morgan fingerprint density at radius 3 is 2.00 bits per heavy atom. The van der Waals surface area contributed by atoms with Gasteiger partial charge in [0.2, 0.25) is 5.91 Å². The molecule has 0 bridgehead atoms. The van der Waals surface area contributed by atoms with E-state index >= 15 is 0 Å². The van der Waals surface area contributed by atoms with Crippen molar-refractivity contribution in [2.24, 2.45) is 11.7 Å². The number of aldehydes is 1. The summed E-state index contributed by atoms with van der Waals surface area (Å²) in [6.07, 6.45) is 6.61. The fourth-order valence-corrected chi connectivity index (χ4v) is 2.33. The van der Waals surface area contributed by atoms with Gasteiger partial charge < -0.3 is 26.3 Å². The van der Waals surface area contributed by atoms with Gasteiger partial charge in [-0.05, 0) is 43.1 Å². The molecule has 1 heterocycles. The Bertz CT molecular complexity index is 710. The third-order valence-electron chi connectivity index (χ3n) is 4.32. The van der Waals surface area contributed by atoms with Crippen molar-refractivity contribution >= 4 is 12.2 Å². The summed E-state index contributed by atoms with van der Waals surface area (Å²) in [5, 5.41) is 14.7. The van der Waals surface area contributed by atoms with E-state index < -0.39 is 0 Å². The number of nitrogens with one attached hydrogen (secondary N) is 2. The third kappa shape index (κ3) is 24.5. The van der Waals surface area contributed by atoms with E-state index in [1.54, 1.807) is 6.92 Å². The van der Waals surface area contributed by atoms with Crippen LogP contribution in [0.15, 0.2) is 48.7 Å². The fourth-order valence-electron chi connectivity index (χ4n) is 2.33. The number of aromatic nitrogens is 1. The van der Waals surface area contributed by atoms with Gasteiger partial charge in [-0.15, -0.1) is 0 Å². The van der Waals surface area contributed by atoms with Crippen LogP contribution in [0.2, 0.25) is 0 Å². The van der Waals surface area contributed by atoms with Gasteiger partial charge in [0.05, 0.1) is 12.5 Å². The van der Waals surface area contributed by atoms with E-state index in [0.29, 0.717) is 12.8 Å². The Balaban J connectivity index is -0.000000483. The SMILES string of the molecule is CC.CCC.CCc1ccc(CCNC(=O)[C@H](C)CO)cc1.CNCCc1ccccn1.NCC=O. The lowest BCUT2D eigenvalue weighted by atomic mass is 10.1. The second-order valence-electron chi connectivity index (χ2n) is 7.58. The second kappa shape index (κ2) is 30.4. The fraction of sp³-hybridized carbons (Fsp3) is 0.552. The van der Waals surface area contributed by atoms with E-state index in [-0.39, 0.29) is 25.0 Å². The van der Waals surface area contributed by atoms with Crippen LogP contribution in [-0.2, 0) is 28.9 Å². The zero-order valence-corrected chi connectivity index (χ0v) is 23.7. The summed E-state index contributed by atoms with van der Waals surface area (Å²) in [6, 6.07) is 14.4. The number of hydrogen-bond acceptors (Lipinski definition) is 6. The minimum Gasteiger partial charge on any atom is -0.396 e. The van der Waals surface area contributed by atoms with E-state index in [2.05, 4.69) is 66.4 Å². The Kier molecular flexibility index (Phi) is 32.1. The molecule has 36 heavy (non-hydrogen) atoms. The summed E-state index contributed by atoms with van der Waals surface area (Å²) in [6.45, 7) is 13.7. The Hall–Kier alpha value is -2.61. The first-order valence-corrected chi connectivity index (χ1v) is 13.1. The van der Waals surface area contributed by atoms with Crippen molar-refractivity contribution in [1.82, 2.24) is 15.6 Å². The highest BCUT2D eigenvalue weighted by Crippen LogP contribution is 2.05. The molecule has 0 saturated heterocycles. The first-order chi connectivity index (χ1) is 17.4. The minimum absolute atomic E-state index is 0.0855. The number of benzene rings is 1. The molecule has 1 atom stereocenters. The summed E-state index contributed by atoms with van der Waals surface area (Å²) in [5.41, 5.74) is 8.36. The number of pyridine rings is 1. The molecule has 0 aliphatic heterocycles. The molecule has 206 valence electrons. The number of nitrogens with zero attached hydrogens (tertiary/aromatic N) is 1. The zero-order valence-electron chi connectivity index (χ0n) is 23.7. The lowest BCUT2D eigenvalue weighted by Crippen LogP contribution is -2.32. The monoisotopic (exact) mass is 504 g/mol. The molecule has 7 heteroatoms. The first-order valence-electron chi connectivity index (χ1n) is 13.1. The van der Waals surface area contributed by atoms with Crippen LogP contribution >= 0.6 is 0 Å². The molecule has 7 nitrogen and oxygen atoms in total. The molecule has 5 N–H and O–H groups in total. The number of aliphatic hydroxyl groups is 1. The summed E-state index contributed by atoms with van der Waals surface area (Å²) >= 11 is 0. The van der Waals surface area contributed by atoms with Crippen molar-refractivity contribution < 1.29 is 14.7 Å². The van der Waals surface area contributed by atoms with Gasteiger partial charge in [0, 0.05) is 37.9 Å². The molecule has 0 spiro atoms. The van der Waals surface area contributed by atoms with Gasteiger partial charge in [-0.1, -0.05) is 78.3 Å². The largest absolute Gasteiger partial charge is 0.396 e. The number of aliphatic hydroxyl groups excluding tert-OH is 1. The van der Waals surface area contributed by atoms with Gasteiger partial charge in [-0.25, -0.2) is 0 Å². The molecule has 0 saturated carbocycles. The van der Waals surface area contributed by atoms with E-state index in [1.165, 1.54) is 17.5 Å². The molecule has 1 aromatic heterocycles. The first kappa shape index (κ1) is 37.9. The van der Waals surface area contributed by atoms with Gasteiger partial charge in [-0.3, -0.25) is 9.78 Å². The van der Waals surface area contributed by atoms with Crippen molar-refractivity contribution in [2.75, 3.05) is 33.3 Å². The number of amides is 1. The van der Waals surface area contributed by atoms with Crippen molar-refractivity contribution in [2.45, 2.75) is 67.2 Å². The van der Waals surface area contributed by atoms with Gasteiger partial charge in [-0.2, -0.15) is 0 Å². The molecule has 2 aromatic rings. The highest BCUT2D eigenvalue weighted by Gasteiger charge is 2.09. The number of hydrogen-bond donors (Lipinski definition) is 4. The molecule has 0 aliphatic rings. The number of aryl methyl sites for hydroxylation is 1. The summed E-state index contributed by atoms with van der Waals surface area (Å²) in [5.74, 6) is -0.407. The molecule has 2 rings (SSSR count). The van der Waals surface area contributed by atoms with Gasteiger partial charge in [0.1, 0.15) is 6.29 Å². The van der Waals surface area contributed by atoms with Crippen molar-refractivity contribution in [3.05, 3.63) is 65.5 Å². The average Bonchev–Trinajstić information content (AvgIpc) is 2.94. The molecule has 0 unspecified atom stereocenters. The quantitative estimate of drug-likeness (QED) is 0.364. The molecular weight excluding hydrogens is 452 g/mol. The smallest absolute Gasteiger partial charge is 0.225 e. The normalized spacial score (nSPS) is 9.81. The minimum atomic E-state index is -0.322. The Morgan fingerprint density at radius 1 is 1.03 bits per heavy atom. The standard InChI is InChI=1S/C14H21NO2.C8H12N2.C3H8.C2H5NO.C2H6/c1-3-12-4-6-13(7-5-12)8-9-15-14(17)11(2)10-16;1-9-7-5-8-4-2-3-6-10-8;1-3-2;3-1-2-4;1-2/h4-7,11,16H,3,8-10H2,1-2H3,(H,15,17);2-4,6,9H,5,7H2,1H3;3H2,1-2H3;2H,1,3H2;1-2H3/t11-;;;;/m1..../s1. The summed E-state index contributed by atoms with van der Waals surface area (Å²) in [7, 11) is 1.95. The lowest BCUT2D eigenvalue weighted by Gasteiger charge is -2.09. The average molecular weight is 505 g/mol. The number of carbonyl (C=O) groups excluding carboxylic acids is 2. The van der Waals surface area contributed by atoms with Crippen LogP contribution in [-0.4, -0.2) is 55.6 Å². The van der Waals surface area contributed by atoms with E-state index in [1.807, 2.05) is 45.3 Å². The van der Waals surface area contributed by atoms with Crippen molar-refractivity contribution in [3.63, 3.8) is 0 Å². The molecule has 0 radical (unpaired) electrons. The summed E-state index contributed by atoms with van der Waals surface area (Å²) in [4.78, 5) is 24.6. The number of nitrogens with two attached hydrogens (primary N) is 1. The second-order valence-corrected chi connectivity index (χ2v) is 7.58. The predicted molar refractivity (Wildman–Crippen MR) is 153 cm³/mol. The molecule has 1 aromatic carbocycles. The van der Waals surface area contributed by atoms with Gasteiger partial charge in [0.25, 0.3) is 0 Å². The van der Waals surface area contributed by atoms with E-state index in [9.17, 15) is 4.79 Å². The van der Waals surface area contributed by atoms with Crippen LogP contribution in [0.3, 0.4) is 0 Å². The number of rotatable bonds is 10. The Morgan fingerprint density at radius 2 is 1.58 bits per heavy atom. The molecule has 1 amide bonds. The van der Waals surface area contributed by atoms with Crippen LogP contribution in [0.1, 0.15) is 64.8 Å². The highest BCUT2D eigenvalue weighted by atomic mass is 16.3. The maximum atomic E-state index is 11.4. The van der Waals surface area contributed by atoms with Crippen LogP contribution in [0.4, 0.5) is 0 Å². The van der Waals surface area contributed by atoms with Gasteiger partial charge >= 0.3 is 0 Å². The van der Waals surface area contributed by atoms with Crippen LogP contribution < -0.4 is 16.4 Å². The third-order valence-corrected chi connectivity index (χ3v) is 4.32. The van der Waals surface area contributed by atoms with E-state index in [4.69, 9.17) is 9.90 Å². The highest BCUT2D eigenvalue weighted by molar-refractivity contribution is 5.78. The number of carbonyl (C=O) groups is 2. The molecule has 0 aliphatic carbocycles. The molecule has 0 fully saturated rings. The topological polar surface area (TPSA) is 117 Å². The van der Waals surface area contributed by atoms with E-state index in [0.717, 1.165) is 31.5 Å². The van der Waals surface area contributed by atoms with Gasteiger partial charge in [0.15, 0.2) is 0 Å². The van der Waals surface area contributed by atoms with Crippen molar-refractivity contribution in [1.29, 1.82) is 0 Å². The maximum absolute atomic E-state index is 11.4. The molecular formula is C29H52N4O3. The predicted octanol–water partition coefficient (Wildman–Crippen LogP) is 3.97. The van der Waals surface area contributed by atoms with Crippen LogP contribution in [0.25, 0.3) is 0 Å². The maximum Gasteiger partial charge on any atom is 0.225 e. The van der Waals surface area contributed by atoms with Crippen LogP contribution in [0, 0.1) is 5.92 Å². The summed E-state index contributed by atoms with van der Waals surface area (Å²) < 4.78 is 0. The zero-order chi connectivity index (χ0) is 28.0. The van der Waals surface area contributed by atoms with Crippen LogP contribution in [0.5, 0.6) is 0 Å². The lowest BCUT2D eigenvalue weighted by molar-refractivity contribution is -0.125. The number of likely N-dealkylation sites (N-methyl/N-ethyl adjacent to an activating group) is 1. The van der Waals surface area contributed by atoms with Crippen molar-refractivity contribution in [3.8, 4) is 0 Å².